The van der Waals surface area contributed by atoms with Crippen molar-refractivity contribution in [2.45, 2.75) is 25.4 Å². The Morgan fingerprint density at radius 3 is 2.60 bits per heavy atom. The van der Waals surface area contributed by atoms with Gasteiger partial charge in [0, 0.05) is 31.1 Å². The van der Waals surface area contributed by atoms with Gasteiger partial charge in [0.25, 0.3) is 0 Å². The van der Waals surface area contributed by atoms with Crippen molar-refractivity contribution in [1.82, 2.24) is 9.97 Å². The summed E-state index contributed by atoms with van der Waals surface area (Å²) < 4.78 is 5.49. The van der Waals surface area contributed by atoms with Gasteiger partial charge in [-0.05, 0) is 53.8 Å². The zero-order valence-electron chi connectivity index (χ0n) is 16.6. The fourth-order valence-electron chi connectivity index (χ4n) is 3.46. The third-order valence-electron chi connectivity index (χ3n) is 5.12. The highest BCUT2D eigenvalue weighted by atomic mass is 35.5. The predicted molar refractivity (Wildman–Crippen MR) is 127 cm³/mol. The standard InChI is InChI=1S/C23H22N4O.2ClH/c1-27(22-6-3-11-28-22)14-16-4-2-5-17(12-16)18-7-10-21-20(13-18)23(25-15-24-21)26-19-8-9-19;;/h2-7,10-13,15,19H,8-9,14H2,1H3,(H,24,25,26);2*1H. The molecule has 0 radical (unpaired) electrons. The van der Waals surface area contributed by atoms with Gasteiger partial charge in [0.05, 0.1) is 11.8 Å². The first-order valence-electron chi connectivity index (χ1n) is 9.61. The van der Waals surface area contributed by atoms with Crippen LogP contribution in [0.3, 0.4) is 0 Å². The smallest absolute Gasteiger partial charge is 0.195 e. The number of hydrogen-bond donors (Lipinski definition) is 1. The molecule has 1 aliphatic rings. The van der Waals surface area contributed by atoms with Crippen molar-refractivity contribution in [2.75, 3.05) is 17.3 Å². The molecule has 2 aromatic carbocycles. The Kier molecular flexibility index (Phi) is 6.85. The summed E-state index contributed by atoms with van der Waals surface area (Å²) in [7, 11) is 2.04. The molecule has 2 heterocycles. The molecule has 5 nitrogen and oxygen atoms in total. The number of fused-ring (bicyclic) bond motifs is 1. The van der Waals surface area contributed by atoms with Gasteiger partial charge in [0.2, 0.25) is 0 Å². The molecular weight excluding hydrogens is 419 g/mol. The van der Waals surface area contributed by atoms with E-state index in [-0.39, 0.29) is 24.8 Å². The number of furan rings is 1. The van der Waals surface area contributed by atoms with E-state index < -0.39 is 0 Å². The number of hydrogen-bond acceptors (Lipinski definition) is 5. The molecule has 0 spiro atoms. The Labute approximate surface area is 188 Å². The molecule has 1 N–H and O–H groups in total. The van der Waals surface area contributed by atoms with Crippen molar-refractivity contribution < 1.29 is 4.42 Å². The zero-order chi connectivity index (χ0) is 18.9. The highest BCUT2D eigenvalue weighted by Gasteiger charge is 2.22. The van der Waals surface area contributed by atoms with Crippen molar-refractivity contribution in [3.63, 3.8) is 0 Å². The molecule has 30 heavy (non-hydrogen) atoms. The molecule has 0 atom stereocenters. The maximum atomic E-state index is 5.49. The lowest BCUT2D eigenvalue weighted by atomic mass is 10.0. The van der Waals surface area contributed by atoms with Gasteiger partial charge in [-0.1, -0.05) is 24.3 Å². The van der Waals surface area contributed by atoms with Gasteiger partial charge in [-0.3, -0.25) is 0 Å². The van der Waals surface area contributed by atoms with E-state index in [1.165, 1.54) is 29.5 Å². The van der Waals surface area contributed by atoms with Crippen molar-refractivity contribution >= 4 is 47.4 Å². The van der Waals surface area contributed by atoms with Crippen LogP contribution in [0.4, 0.5) is 11.7 Å². The predicted octanol–water partition coefficient (Wildman–Crippen LogP) is 5.94. The topological polar surface area (TPSA) is 54.2 Å². The van der Waals surface area contributed by atoms with Crippen LogP contribution in [0.25, 0.3) is 22.0 Å². The number of aromatic nitrogens is 2. The maximum absolute atomic E-state index is 5.49. The molecule has 0 aliphatic heterocycles. The second-order valence-corrected chi connectivity index (χ2v) is 7.38. The first-order valence-corrected chi connectivity index (χ1v) is 9.61. The van der Waals surface area contributed by atoms with Gasteiger partial charge in [-0.15, -0.1) is 24.8 Å². The molecule has 1 fully saturated rings. The van der Waals surface area contributed by atoms with E-state index >= 15 is 0 Å². The highest BCUT2D eigenvalue weighted by Crippen LogP contribution is 2.31. The summed E-state index contributed by atoms with van der Waals surface area (Å²) in [5, 5.41) is 4.60. The molecule has 1 saturated carbocycles. The molecule has 0 saturated heterocycles. The van der Waals surface area contributed by atoms with Crippen molar-refractivity contribution in [3.05, 3.63) is 72.8 Å². The summed E-state index contributed by atoms with van der Waals surface area (Å²) in [6.45, 7) is 0.784. The summed E-state index contributed by atoms with van der Waals surface area (Å²) in [5.41, 5.74) is 4.56. The average molecular weight is 443 g/mol. The van der Waals surface area contributed by atoms with Crippen molar-refractivity contribution in [1.29, 1.82) is 0 Å². The number of anilines is 2. The Balaban J connectivity index is 0.00000128. The molecule has 5 rings (SSSR count). The minimum Gasteiger partial charge on any atom is -0.449 e. The maximum Gasteiger partial charge on any atom is 0.195 e. The van der Waals surface area contributed by atoms with E-state index in [1.54, 1.807) is 12.6 Å². The molecule has 0 bridgehead atoms. The van der Waals surface area contributed by atoms with Gasteiger partial charge < -0.3 is 14.6 Å². The SMILES string of the molecule is CN(Cc1cccc(-c2ccc3ncnc(NC4CC4)c3c2)c1)c1ccco1.Cl.Cl. The first-order chi connectivity index (χ1) is 13.8. The minimum absolute atomic E-state index is 0. The third-order valence-corrected chi connectivity index (χ3v) is 5.12. The van der Waals surface area contributed by atoms with Gasteiger partial charge in [-0.2, -0.15) is 0 Å². The second-order valence-electron chi connectivity index (χ2n) is 7.38. The Morgan fingerprint density at radius 2 is 1.83 bits per heavy atom. The minimum atomic E-state index is 0. The quantitative estimate of drug-likeness (QED) is 0.400. The van der Waals surface area contributed by atoms with E-state index in [4.69, 9.17) is 4.42 Å². The van der Waals surface area contributed by atoms with E-state index in [1.807, 2.05) is 19.2 Å². The van der Waals surface area contributed by atoms with E-state index in [0.717, 1.165) is 29.1 Å². The van der Waals surface area contributed by atoms with Crippen LogP contribution < -0.4 is 10.2 Å². The van der Waals surface area contributed by atoms with Crippen molar-refractivity contribution in [3.8, 4) is 11.1 Å². The average Bonchev–Trinajstić information content (AvgIpc) is 3.36. The van der Waals surface area contributed by atoms with Gasteiger partial charge in [-0.25, -0.2) is 9.97 Å². The first kappa shape index (κ1) is 21.9. The van der Waals surface area contributed by atoms with Crippen LogP contribution >= 0.6 is 24.8 Å². The molecule has 0 amide bonds. The second kappa shape index (κ2) is 9.37. The van der Waals surface area contributed by atoms with Crippen LogP contribution in [0.5, 0.6) is 0 Å². The monoisotopic (exact) mass is 442 g/mol. The van der Waals surface area contributed by atoms with Crippen LogP contribution in [0.2, 0.25) is 0 Å². The number of nitrogens with one attached hydrogen (secondary N) is 1. The van der Waals surface area contributed by atoms with E-state index in [9.17, 15) is 0 Å². The molecule has 1 aliphatic carbocycles. The van der Waals surface area contributed by atoms with Gasteiger partial charge in [0.15, 0.2) is 5.88 Å². The highest BCUT2D eigenvalue weighted by molar-refractivity contribution is 5.92. The fraction of sp³-hybridized carbons (Fsp3) is 0.217. The lowest BCUT2D eigenvalue weighted by molar-refractivity contribution is 0.554. The van der Waals surface area contributed by atoms with Crippen molar-refractivity contribution in [2.24, 2.45) is 0 Å². The largest absolute Gasteiger partial charge is 0.449 e. The lowest BCUT2D eigenvalue weighted by Crippen LogP contribution is -2.15. The number of rotatable bonds is 6. The Morgan fingerprint density at radius 1 is 1.00 bits per heavy atom. The number of nitrogens with zero attached hydrogens (tertiary/aromatic N) is 3. The van der Waals surface area contributed by atoms with Crippen LogP contribution in [0.15, 0.2) is 71.6 Å². The lowest BCUT2D eigenvalue weighted by Gasteiger charge is -2.16. The Bertz CT molecular complexity index is 1110. The molecule has 4 aromatic rings. The summed E-state index contributed by atoms with van der Waals surface area (Å²) in [4.78, 5) is 11.0. The number of benzene rings is 2. The molecule has 7 heteroatoms. The van der Waals surface area contributed by atoms with E-state index in [2.05, 4.69) is 62.6 Å². The van der Waals surface area contributed by atoms with Gasteiger partial charge >= 0.3 is 0 Å². The van der Waals surface area contributed by atoms with Crippen LogP contribution in [-0.2, 0) is 6.54 Å². The summed E-state index contributed by atoms with van der Waals surface area (Å²) in [6, 6.07) is 19.5. The molecule has 2 aromatic heterocycles. The zero-order valence-corrected chi connectivity index (χ0v) is 18.2. The van der Waals surface area contributed by atoms with E-state index in [0.29, 0.717) is 6.04 Å². The summed E-state index contributed by atoms with van der Waals surface area (Å²) in [6.07, 6.45) is 5.78. The normalized spacial score (nSPS) is 12.7. The van der Waals surface area contributed by atoms with Crippen LogP contribution in [0.1, 0.15) is 18.4 Å². The number of halogens is 2. The third kappa shape index (κ3) is 4.69. The molecular formula is C23H24Cl2N4O. The molecule has 156 valence electrons. The van der Waals surface area contributed by atoms with Crippen LogP contribution in [0, 0.1) is 0 Å². The van der Waals surface area contributed by atoms with Crippen LogP contribution in [-0.4, -0.2) is 23.1 Å². The summed E-state index contributed by atoms with van der Waals surface area (Å²) >= 11 is 0. The Hall–Kier alpha value is -2.76. The fourth-order valence-corrected chi connectivity index (χ4v) is 3.46. The molecule has 0 unspecified atom stereocenters. The van der Waals surface area contributed by atoms with Gasteiger partial charge in [0.1, 0.15) is 12.1 Å². The summed E-state index contributed by atoms with van der Waals surface area (Å²) in [5.74, 6) is 1.80.